The Morgan fingerprint density at radius 2 is 1.92 bits per heavy atom. The predicted molar refractivity (Wildman–Crippen MR) is 99.6 cm³/mol. The van der Waals surface area contributed by atoms with Crippen molar-refractivity contribution in [1.82, 2.24) is 9.55 Å². The molecule has 1 heterocycles. The molecule has 3 rings (SSSR count). The maximum atomic E-state index is 13.1. The molecule has 0 saturated carbocycles. The minimum absolute atomic E-state index is 0.0894. The third-order valence-electron chi connectivity index (χ3n) is 4.11. The van der Waals surface area contributed by atoms with Crippen molar-refractivity contribution in [3.05, 3.63) is 63.9 Å². The maximum absolute atomic E-state index is 13.1. The molecule has 0 aliphatic heterocycles. The van der Waals surface area contributed by atoms with E-state index in [2.05, 4.69) is 4.98 Å². The largest absolute Gasteiger partial charge is 0.468 e. The van der Waals surface area contributed by atoms with Crippen LogP contribution in [0.2, 0.25) is 0 Å². The van der Waals surface area contributed by atoms with E-state index in [1.165, 1.54) is 18.9 Å². The summed E-state index contributed by atoms with van der Waals surface area (Å²) in [6.07, 6.45) is 0. The van der Waals surface area contributed by atoms with Crippen molar-refractivity contribution >= 4 is 28.6 Å². The van der Waals surface area contributed by atoms with Crippen LogP contribution in [0.25, 0.3) is 16.6 Å². The number of methoxy groups -OCH3 is 1. The van der Waals surface area contributed by atoms with E-state index in [1.54, 1.807) is 16.7 Å². The normalized spacial score (nSPS) is 10.8. The van der Waals surface area contributed by atoms with Crippen molar-refractivity contribution in [3.8, 4) is 5.69 Å². The van der Waals surface area contributed by atoms with Gasteiger partial charge in [-0.2, -0.15) is 0 Å². The van der Waals surface area contributed by atoms with Crippen LogP contribution in [0.1, 0.15) is 11.1 Å². The molecular formula is C19H18N2O3S. The van der Waals surface area contributed by atoms with Crippen LogP contribution in [0.4, 0.5) is 0 Å². The minimum Gasteiger partial charge on any atom is -0.468 e. The van der Waals surface area contributed by atoms with E-state index in [1.807, 2.05) is 44.2 Å². The second-order valence-corrected chi connectivity index (χ2v) is 6.58. The molecule has 0 atom stereocenters. The van der Waals surface area contributed by atoms with Crippen molar-refractivity contribution in [2.45, 2.75) is 19.0 Å². The summed E-state index contributed by atoms with van der Waals surface area (Å²) in [5, 5.41) is 1.02. The van der Waals surface area contributed by atoms with Gasteiger partial charge in [0.25, 0.3) is 5.56 Å². The van der Waals surface area contributed by atoms with Crippen LogP contribution in [0.15, 0.2) is 52.4 Å². The third kappa shape index (κ3) is 3.30. The first kappa shape index (κ1) is 17.2. The van der Waals surface area contributed by atoms with E-state index in [0.29, 0.717) is 16.1 Å². The average molecular weight is 354 g/mol. The minimum atomic E-state index is -0.361. The number of ether oxygens (including phenoxy) is 1. The van der Waals surface area contributed by atoms with Gasteiger partial charge >= 0.3 is 5.97 Å². The fraction of sp³-hybridized carbons (Fsp3) is 0.211. The second-order valence-electron chi connectivity index (χ2n) is 5.64. The lowest BCUT2D eigenvalue weighted by molar-refractivity contribution is -0.137. The fourth-order valence-electron chi connectivity index (χ4n) is 2.58. The van der Waals surface area contributed by atoms with Crippen LogP contribution in [0, 0.1) is 13.8 Å². The van der Waals surface area contributed by atoms with Crippen LogP contribution < -0.4 is 5.56 Å². The molecule has 0 aliphatic rings. The van der Waals surface area contributed by atoms with Gasteiger partial charge in [0.1, 0.15) is 0 Å². The van der Waals surface area contributed by atoms with E-state index >= 15 is 0 Å². The van der Waals surface area contributed by atoms with Gasteiger partial charge in [-0.25, -0.2) is 4.98 Å². The van der Waals surface area contributed by atoms with Gasteiger partial charge in [0.05, 0.1) is 29.5 Å². The number of benzene rings is 2. The van der Waals surface area contributed by atoms with Crippen molar-refractivity contribution in [2.75, 3.05) is 12.9 Å². The monoisotopic (exact) mass is 354 g/mol. The topological polar surface area (TPSA) is 61.2 Å². The molecule has 0 radical (unpaired) electrons. The van der Waals surface area contributed by atoms with Crippen molar-refractivity contribution < 1.29 is 9.53 Å². The van der Waals surface area contributed by atoms with E-state index < -0.39 is 0 Å². The highest BCUT2D eigenvalue weighted by molar-refractivity contribution is 7.99. The highest BCUT2D eigenvalue weighted by atomic mass is 32.2. The molecule has 5 nitrogen and oxygen atoms in total. The predicted octanol–water partition coefficient (Wildman–Crippen LogP) is 3.27. The Bertz CT molecular complexity index is 1010. The Labute approximate surface area is 149 Å². The summed E-state index contributed by atoms with van der Waals surface area (Å²) in [6, 6.07) is 13.0. The number of aryl methyl sites for hydroxylation is 1. The number of carbonyl (C=O) groups is 1. The van der Waals surface area contributed by atoms with Gasteiger partial charge in [-0.1, -0.05) is 36.0 Å². The van der Waals surface area contributed by atoms with E-state index in [-0.39, 0.29) is 17.3 Å². The van der Waals surface area contributed by atoms with Crippen molar-refractivity contribution in [3.63, 3.8) is 0 Å². The molecule has 25 heavy (non-hydrogen) atoms. The molecule has 0 saturated heterocycles. The van der Waals surface area contributed by atoms with Crippen LogP contribution in [-0.4, -0.2) is 28.4 Å². The molecule has 0 spiro atoms. The summed E-state index contributed by atoms with van der Waals surface area (Å²) < 4.78 is 6.28. The molecule has 0 N–H and O–H groups in total. The zero-order valence-corrected chi connectivity index (χ0v) is 15.1. The molecule has 0 fully saturated rings. The first-order chi connectivity index (χ1) is 12.0. The highest BCUT2D eigenvalue weighted by Crippen LogP contribution is 2.24. The average Bonchev–Trinajstić information content (AvgIpc) is 2.62. The lowest BCUT2D eigenvalue weighted by Crippen LogP contribution is -2.23. The summed E-state index contributed by atoms with van der Waals surface area (Å²) >= 11 is 1.20. The van der Waals surface area contributed by atoms with Gasteiger partial charge in [-0.05, 0) is 43.2 Å². The SMILES string of the molecule is COC(=O)CSc1nc2ccccc2c(=O)n1-c1cccc(C)c1C. The van der Waals surface area contributed by atoms with Gasteiger partial charge in [-0.3, -0.25) is 14.2 Å². The van der Waals surface area contributed by atoms with Crippen LogP contribution in [-0.2, 0) is 9.53 Å². The Balaban J connectivity index is 2.27. The second kappa shape index (κ2) is 7.11. The van der Waals surface area contributed by atoms with E-state index in [0.717, 1.165) is 16.8 Å². The number of nitrogens with zero attached hydrogens (tertiary/aromatic N) is 2. The van der Waals surface area contributed by atoms with Crippen LogP contribution in [0.3, 0.4) is 0 Å². The molecule has 3 aromatic rings. The van der Waals surface area contributed by atoms with Crippen LogP contribution in [0.5, 0.6) is 0 Å². The number of rotatable bonds is 4. The Hall–Kier alpha value is -2.60. The van der Waals surface area contributed by atoms with Gasteiger partial charge in [0.15, 0.2) is 5.16 Å². The molecule has 2 aromatic carbocycles. The lowest BCUT2D eigenvalue weighted by Gasteiger charge is -2.16. The fourth-order valence-corrected chi connectivity index (χ4v) is 3.42. The van der Waals surface area contributed by atoms with Gasteiger partial charge < -0.3 is 4.74 Å². The van der Waals surface area contributed by atoms with Gasteiger partial charge in [-0.15, -0.1) is 0 Å². The van der Waals surface area contributed by atoms with Crippen LogP contribution >= 0.6 is 11.8 Å². The number of hydrogen-bond acceptors (Lipinski definition) is 5. The molecule has 1 aromatic heterocycles. The molecular weight excluding hydrogens is 336 g/mol. The van der Waals surface area contributed by atoms with Crippen molar-refractivity contribution in [2.24, 2.45) is 0 Å². The standard InChI is InChI=1S/C19H18N2O3S/c1-12-7-6-10-16(13(12)2)21-18(23)14-8-4-5-9-15(14)20-19(21)25-11-17(22)24-3/h4-10H,11H2,1-3H3. The van der Waals surface area contributed by atoms with E-state index in [4.69, 9.17) is 4.74 Å². The number of thioether (sulfide) groups is 1. The first-order valence-corrected chi connectivity index (χ1v) is 8.79. The summed E-state index contributed by atoms with van der Waals surface area (Å²) in [5.41, 5.74) is 3.33. The van der Waals surface area contributed by atoms with E-state index in [9.17, 15) is 9.59 Å². The summed E-state index contributed by atoms with van der Waals surface area (Å²) in [6.45, 7) is 3.97. The molecule has 0 unspecified atom stereocenters. The Morgan fingerprint density at radius 3 is 2.68 bits per heavy atom. The zero-order chi connectivity index (χ0) is 18.0. The smallest absolute Gasteiger partial charge is 0.316 e. The first-order valence-electron chi connectivity index (χ1n) is 7.81. The lowest BCUT2D eigenvalue weighted by atomic mass is 10.1. The number of para-hydroxylation sites is 1. The maximum Gasteiger partial charge on any atom is 0.316 e. The number of carbonyl (C=O) groups excluding carboxylic acids is 1. The van der Waals surface area contributed by atoms with Crippen molar-refractivity contribution in [1.29, 1.82) is 0 Å². The number of aromatic nitrogens is 2. The Kier molecular flexibility index (Phi) is 4.90. The third-order valence-corrected chi connectivity index (χ3v) is 5.02. The summed E-state index contributed by atoms with van der Waals surface area (Å²) in [7, 11) is 1.34. The van der Waals surface area contributed by atoms with Gasteiger partial charge in [0, 0.05) is 0 Å². The summed E-state index contributed by atoms with van der Waals surface area (Å²) in [5.74, 6) is -0.272. The van der Waals surface area contributed by atoms with Gasteiger partial charge in [0.2, 0.25) is 0 Å². The number of hydrogen-bond donors (Lipinski definition) is 0. The quantitative estimate of drug-likeness (QED) is 0.409. The molecule has 0 bridgehead atoms. The molecule has 6 heteroatoms. The molecule has 0 aliphatic carbocycles. The number of esters is 1. The molecule has 0 amide bonds. The zero-order valence-electron chi connectivity index (χ0n) is 14.3. The summed E-state index contributed by atoms with van der Waals surface area (Å²) in [4.78, 5) is 29.3. The number of fused-ring (bicyclic) bond motifs is 1. The highest BCUT2D eigenvalue weighted by Gasteiger charge is 2.16. The molecule has 128 valence electrons. The Morgan fingerprint density at radius 1 is 1.16 bits per heavy atom.